The lowest BCUT2D eigenvalue weighted by Gasteiger charge is -2.03. The Labute approximate surface area is 133 Å². The molecule has 0 radical (unpaired) electrons. The monoisotopic (exact) mass is 333 g/mol. The van der Waals surface area contributed by atoms with Crippen LogP contribution in [0.15, 0.2) is 33.2 Å². The Morgan fingerprint density at radius 3 is 2.74 bits per heavy atom. The highest BCUT2D eigenvalue weighted by Crippen LogP contribution is 2.32. The van der Waals surface area contributed by atoms with Gasteiger partial charge in [0.05, 0.1) is 4.92 Å². The first-order chi connectivity index (χ1) is 10.8. The van der Waals surface area contributed by atoms with E-state index < -0.39 is 16.4 Å². The Hall–Kier alpha value is -3.25. The largest absolute Gasteiger partial charge is 0.494 e. The quantitative estimate of drug-likeness (QED) is 0.503. The van der Waals surface area contributed by atoms with Gasteiger partial charge >= 0.3 is 0 Å². The van der Waals surface area contributed by atoms with E-state index in [0.29, 0.717) is 0 Å². The van der Waals surface area contributed by atoms with Crippen molar-refractivity contribution < 1.29 is 10.0 Å². The van der Waals surface area contributed by atoms with Crippen molar-refractivity contribution in [2.45, 2.75) is 6.92 Å². The van der Waals surface area contributed by atoms with Crippen molar-refractivity contribution in [3.05, 3.63) is 54.8 Å². The molecule has 2 rings (SSSR count). The summed E-state index contributed by atoms with van der Waals surface area (Å²) in [6.45, 7) is 1.40. The Morgan fingerprint density at radius 1 is 1.43 bits per heavy atom. The Bertz CT molecular complexity index is 929. The molecule has 2 aromatic rings. The van der Waals surface area contributed by atoms with E-state index in [0.717, 1.165) is 6.07 Å². The zero-order chi connectivity index (χ0) is 17.1. The molecule has 0 aliphatic carbocycles. The first-order valence-electron chi connectivity index (χ1n) is 6.06. The van der Waals surface area contributed by atoms with Gasteiger partial charge in [-0.25, -0.2) is 0 Å². The lowest BCUT2D eigenvalue weighted by Crippen LogP contribution is -2.08. The number of hydrogen-bond acceptors (Lipinski definition) is 7. The van der Waals surface area contributed by atoms with Crippen LogP contribution in [-0.2, 0) is 0 Å². The molecule has 0 fully saturated rings. The van der Waals surface area contributed by atoms with E-state index in [9.17, 15) is 20.0 Å². The molecular formula is C13H8ClN5O4. The van der Waals surface area contributed by atoms with Crippen LogP contribution in [0.25, 0.3) is 0 Å². The highest BCUT2D eigenvalue weighted by Gasteiger charge is 2.16. The summed E-state index contributed by atoms with van der Waals surface area (Å²) in [5, 5.41) is 36.9. The summed E-state index contributed by atoms with van der Waals surface area (Å²) >= 11 is 5.69. The van der Waals surface area contributed by atoms with Crippen molar-refractivity contribution in [1.82, 2.24) is 4.98 Å². The molecule has 116 valence electrons. The molecule has 0 bridgehead atoms. The molecule has 0 aliphatic heterocycles. The number of nitro benzene ring substituents is 1. The molecule has 1 aromatic heterocycles. The van der Waals surface area contributed by atoms with Crippen molar-refractivity contribution >= 4 is 28.7 Å². The zero-order valence-electron chi connectivity index (χ0n) is 11.6. The van der Waals surface area contributed by atoms with Crippen LogP contribution < -0.4 is 5.56 Å². The van der Waals surface area contributed by atoms with Gasteiger partial charge in [-0.3, -0.25) is 19.9 Å². The topological polar surface area (TPSA) is 145 Å². The van der Waals surface area contributed by atoms with Gasteiger partial charge in [0.25, 0.3) is 11.2 Å². The van der Waals surface area contributed by atoms with E-state index in [-0.39, 0.29) is 33.2 Å². The van der Waals surface area contributed by atoms with Crippen molar-refractivity contribution in [2.75, 3.05) is 0 Å². The van der Waals surface area contributed by atoms with Crippen molar-refractivity contribution in [3.8, 4) is 11.9 Å². The van der Waals surface area contributed by atoms with Crippen molar-refractivity contribution in [3.63, 3.8) is 0 Å². The molecule has 0 aliphatic rings. The standard InChI is InChI=1S/C13H8ClN5O4/c1-6-8(5-15)12(20)16-13(21)11(6)18-17-9-3-2-7(14)4-10(9)19(22)23/h2-4H,1H3,(H2,16,20,21). The van der Waals surface area contributed by atoms with Crippen LogP contribution in [0.4, 0.5) is 17.1 Å². The summed E-state index contributed by atoms with van der Waals surface area (Å²) in [7, 11) is 0. The second-order valence-corrected chi connectivity index (χ2v) is 4.79. The lowest BCUT2D eigenvalue weighted by atomic mass is 10.1. The number of H-pyrrole nitrogens is 1. The molecule has 0 saturated heterocycles. The third-order valence-electron chi connectivity index (χ3n) is 2.92. The van der Waals surface area contributed by atoms with Gasteiger partial charge in [0, 0.05) is 16.7 Å². The fraction of sp³-hybridized carbons (Fsp3) is 0.0769. The summed E-state index contributed by atoms with van der Waals surface area (Å²) in [6, 6.07) is 5.48. The summed E-state index contributed by atoms with van der Waals surface area (Å²) in [4.78, 5) is 24.1. The number of rotatable bonds is 3. The molecular weight excluding hydrogens is 326 g/mol. The Kier molecular flexibility index (Phi) is 4.38. The first kappa shape index (κ1) is 16.1. The summed E-state index contributed by atoms with van der Waals surface area (Å²) in [5.74, 6) is -0.577. The number of aromatic nitrogens is 1. The molecule has 0 atom stereocenters. The second kappa shape index (κ2) is 6.25. The van der Waals surface area contributed by atoms with Crippen LogP contribution in [0.1, 0.15) is 11.1 Å². The van der Waals surface area contributed by atoms with Crippen molar-refractivity contribution in [1.29, 1.82) is 5.26 Å². The van der Waals surface area contributed by atoms with Crippen LogP contribution in [0.3, 0.4) is 0 Å². The van der Waals surface area contributed by atoms with Crippen molar-refractivity contribution in [2.24, 2.45) is 10.2 Å². The maximum Gasteiger partial charge on any atom is 0.298 e. The predicted octanol–water partition coefficient (Wildman–Crippen LogP) is 3.24. The molecule has 1 aromatic carbocycles. The highest BCUT2D eigenvalue weighted by molar-refractivity contribution is 6.30. The number of aromatic hydroxyl groups is 1. The predicted molar refractivity (Wildman–Crippen MR) is 80.5 cm³/mol. The third-order valence-corrected chi connectivity index (χ3v) is 3.15. The molecule has 0 saturated carbocycles. The van der Waals surface area contributed by atoms with Gasteiger partial charge < -0.3 is 5.11 Å². The molecule has 23 heavy (non-hydrogen) atoms. The average Bonchev–Trinajstić information content (AvgIpc) is 2.48. The van der Waals surface area contributed by atoms with Gasteiger partial charge in [-0.05, 0) is 19.1 Å². The summed E-state index contributed by atoms with van der Waals surface area (Å²) in [5.41, 5.74) is -1.55. The number of nitrogens with one attached hydrogen (secondary N) is 1. The Balaban J connectivity index is 2.57. The highest BCUT2D eigenvalue weighted by atomic mass is 35.5. The average molecular weight is 334 g/mol. The molecule has 9 nitrogen and oxygen atoms in total. The smallest absolute Gasteiger partial charge is 0.298 e. The number of nitrogens with zero attached hydrogens (tertiary/aromatic N) is 4. The van der Waals surface area contributed by atoms with E-state index in [2.05, 4.69) is 15.2 Å². The van der Waals surface area contributed by atoms with Gasteiger partial charge in [-0.15, -0.1) is 10.2 Å². The number of halogens is 1. The SMILES string of the molecule is Cc1c(C#N)c(O)[nH]c(=O)c1N=Nc1ccc(Cl)cc1[N+](=O)[O-]. The maximum absolute atomic E-state index is 11.8. The number of benzene rings is 1. The molecule has 0 amide bonds. The Morgan fingerprint density at radius 2 is 2.13 bits per heavy atom. The molecule has 2 N–H and O–H groups in total. The third kappa shape index (κ3) is 3.17. The van der Waals surface area contributed by atoms with Crippen LogP contribution in [-0.4, -0.2) is 15.0 Å². The zero-order valence-corrected chi connectivity index (χ0v) is 12.3. The number of pyridine rings is 1. The van der Waals surface area contributed by atoms with Gasteiger partial charge in [-0.2, -0.15) is 5.26 Å². The molecule has 1 heterocycles. The van der Waals surface area contributed by atoms with E-state index in [4.69, 9.17) is 16.9 Å². The number of azo groups is 1. The maximum atomic E-state index is 11.8. The minimum absolute atomic E-state index is 0.106. The van der Waals surface area contributed by atoms with Gasteiger partial charge in [0.2, 0.25) is 5.88 Å². The number of nitriles is 1. The van der Waals surface area contributed by atoms with Crippen LogP contribution >= 0.6 is 11.6 Å². The summed E-state index contributed by atoms with van der Waals surface area (Å²) in [6.07, 6.45) is 0. The molecule has 0 unspecified atom stereocenters. The number of nitro groups is 1. The van der Waals surface area contributed by atoms with E-state index in [1.54, 1.807) is 6.07 Å². The first-order valence-corrected chi connectivity index (χ1v) is 6.44. The molecule has 0 spiro atoms. The van der Waals surface area contributed by atoms with Gasteiger partial charge in [0.15, 0.2) is 11.4 Å². The van der Waals surface area contributed by atoms with Crippen LogP contribution in [0.2, 0.25) is 5.02 Å². The normalized spacial score (nSPS) is 10.7. The van der Waals surface area contributed by atoms with E-state index in [1.165, 1.54) is 19.1 Å². The minimum Gasteiger partial charge on any atom is -0.494 e. The summed E-state index contributed by atoms with van der Waals surface area (Å²) < 4.78 is 0. The van der Waals surface area contributed by atoms with Crippen LogP contribution in [0.5, 0.6) is 5.88 Å². The van der Waals surface area contributed by atoms with E-state index in [1.807, 2.05) is 0 Å². The molecule has 10 heteroatoms. The van der Waals surface area contributed by atoms with Gasteiger partial charge in [0.1, 0.15) is 11.6 Å². The van der Waals surface area contributed by atoms with Crippen LogP contribution in [0, 0.1) is 28.4 Å². The number of hydrogen-bond donors (Lipinski definition) is 2. The van der Waals surface area contributed by atoms with Gasteiger partial charge in [-0.1, -0.05) is 11.6 Å². The second-order valence-electron chi connectivity index (χ2n) is 4.35. The lowest BCUT2D eigenvalue weighted by molar-refractivity contribution is -0.384. The number of aromatic amines is 1. The fourth-order valence-corrected chi connectivity index (χ4v) is 1.95. The minimum atomic E-state index is -0.778. The fourth-order valence-electron chi connectivity index (χ4n) is 1.78. The van der Waals surface area contributed by atoms with E-state index >= 15 is 0 Å².